The Balaban J connectivity index is 1.27. The standard InChI is InChI=1S/C28H28N4O4S/c1-16-15-18(36-17-7-3-2-4-8-17)11-12-20(16)32-21-13-14-29-27-23(21)24(31-28(32)35)25(37-27)26(34)30-19-9-5-6-10-22(19)33/h2-4,7-8,11-15,19,22,24-25,33H,5-6,9-10H2,1H3,(H,30,34)(H,31,35). The second-order valence-electron chi connectivity index (χ2n) is 9.68. The smallest absolute Gasteiger partial charge is 0.327 e. The molecule has 3 N–H and O–H groups in total. The monoisotopic (exact) mass is 516 g/mol. The Kier molecular flexibility index (Phi) is 6.26. The van der Waals surface area contributed by atoms with Crippen molar-refractivity contribution >= 4 is 35.1 Å². The summed E-state index contributed by atoms with van der Waals surface area (Å²) in [4.78, 5) is 32.9. The second-order valence-corrected chi connectivity index (χ2v) is 10.8. The van der Waals surface area contributed by atoms with Crippen molar-refractivity contribution < 1.29 is 19.4 Å². The number of hydrogen-bond donors (Lipinski definition) is 3. The largest absolute Gasteiger partial charge is 0.457 e. The number of ether oxygens (including phenoxy) is 1. The van der Waals surface area contributed by atoms with Gasteiger partial charge in [0.25, 0.3) is 0 Å². The summed E-state index contributed by atoms with van der Waals surface area (Å²) in [6, 6.07) is 15.9. The highest BCUT2D eigenvalue weighted by molar-refractivity contribution is 8.01. The number of hydrogen-bond acceptors (Lipinski definition) is 6. The Hall–Kier alpha value is -3.56. The van der Waals surface area contributed by atoms with Gasteiger partial charge in [-0.25, -0.2) is 9.78 Å². The van der Waals surface area contributed by atoms with Gasteiger partial charge in [-0.15, -0.1) is 0 Å². The molecule has 3 aromatic rings. The number of anilines is 2. The Morgan fingerprint density at radius 3 is 2.70 bits per heavy atom. The van der Waals surface area contributed by atoms with Crippen LogP contribution in [0, 0.1) is 6.92 Å². The lowest BCUT2D eigenvalue weighted by molar-refractivity contribution is -0.122. The van der Waals surface area contributed by atoms with Crippen molar-refractivity contribution in [2.24, 2.45) is 0 Å². The van der Waals surface area contributed by atoms with E-state index in [2.05, 4.69) is 15.6 Å². The van der Waals surface area contributed by atoms with Crippen LogP contribution in [0.2, 0.25) is 0 Å². The van der Waals surface area contributed by atoms with Gasteiger partial charge in [-0.3, -0.25) is 9.69 Å². The van der Waals surface area contributed by atoms with E-state index in [1.54, 1.807) is 11.1 Å². The highest BCUT2D eigenvalue weighted by Crippen LogP contribution is 2.51. The van der Waals surface area contributed by atoms with Crippen LogP contribution in [0.25, 0.3) is 0 Å². The molecule has 3 amide bonds. The summed E-state index contributed by atoms with van der Waals surface area (Å²) in [6.45, 7) is 1.94. The van der Waals surface area contributed by atoms with Crippen LogP contribution in [0.15, 0.2) is 65.8 Å². The van der Waals surface area contributed by atoms with Gasteiger partial charge >= 0.3 is 6.03 Å². The zero-order valence-electron chi connectivity index (χ0n) is 20.4. The first-order valence-corrected chi connectivity index (χ1v) is 13.5. The predicted octanol–water partition coefficient (Wildman–Crippen LogP) is 4.98. The highest BCUT2D eigenvalue weighted by Gasteiger charge is 2.47. The summed E-state index contributed by atoms with van der Waals surface area (Å²) in [5.74, 6) is 1.24. The minimum atomic E-state index is -0.549. The number of aromatic nitrogens is 1. The van der Waals surface area contributed by atoms with Gasteiger partial charge in [0.15, 0.2) is 0 Å². The molecule has 4 unspecified atom stereocenters. The third-order valence-electron chi connectivity index (χ3n) is 7.21. The van der Waals surface area contributed by atoms with E-state index in [0.29, 0.717) is 12.2 Å². The zero-order valence-corrected chi connectivity index (χ0v) is 21.2. The fourth-order valence-corrected chi connectivity index (χ4v) is 6.61. The quantitative estimate of drug-likeness (QED) is 0.442. The number of carbonyl (C=O) groups excluding carboxylic acids is 2. The van der Waals surface area contributed by atoms with Gasteiger partial charge < -0.3 is 20.5 Å². The number of nitrogens with zero attached hydrogens (tertiary/aromatic N) is 2. The average Bonchev–Trinajstić information content (AvgIpc) is 3.26. The molecule has 0 spiro atoms. The van der Waals surface area contributed by atoms with Crippen LogP contribution in [0.1, 0.15) is 42.9 Å². The van der Waals surface area contributed by atoms with E-state index in [4.69, 9.17) is 4.74 Å². The van der Waals surface area contributed by atoms with Crippen molar-refractivity contribution in [3.05, 3.63) is 71.9 Å². The molecular formula is C28H28N4O4S. The number of aliphatic hydroxyl groups is 1. The van der Waals surface area contributed by atoms with Gasteiger partial charge in [0, 0.05) is 11.8 Å². The molecule has 37 heavy (non-hydrogen) atoms. The number of urea groups is 1. The molecule has 6 rings (SSSR count). The lowest BCUT2D eigenvalue weighted by Gasteiger charge is -2.35. The predicted molar refractivity (Wildman–Crippen MR) is 141 cm³/mol. The van der Waals surface area contributed by atoms with Crippen molar-refractivity contribution in [1.82, 2.24) is 15.6 Å². The first-order valence-electron chi connectivity index (χ1n) is 12.6. The molecule has 0 bridgehead atoms. The first-order chi connectivity index (χ1) is 18.0. The maximum atomic E-state index is 13.5. The lowest BCUT2D eigenvalue weighted by Crippen LogP contribution is -2.52. The van der Waals surface area contributed by atoms with Gasteiger partial charge in [-0.2, -0.15) is 0 Å². The summed E-state index contributed by atoms with van der Waals surface area (Å²) in [5.41, 5.74) is 3.17. The van der Waals surface area contributed by atoms with Crippen LogP contribution in [-0.4, -0.2) is 39.4 Å². The molecule has 1 aromatic heterocycles. The molecule has 1 fully saturated rings. The molecule has 9 heteroatoms. The molecule has 4 atom stereocenters. The van der Waals surface area contributed by atoms with E-state index < -0.39 is 17.4 Å². The van der Waals surface area contributed by atoms with E-state index in [0.717, 1.165) is 52.5 Å². The Labute approximate surface area is 219 Å². The maximum Gasteiger partial charge on any atom is 0.327 e. The number of nitrogens with one attached hydrogen (secondary N) is 2. The number of thioether (sulfide) groups is 1. The minimum absolute atomic E-state index is 0.183. The molecule has 2 aliphatic heterocycles. The molecular weight excluding hydrogens is 488 g/mol. The van der Waals surface area contributed by atoms with Gasteiger partial charge in [0.1, 0.15) is 21.8 Å². The van der Waals surface area contributed by atoms with Crippen molar-refractivity contribution in [1.29, 1.82) is 0 Å². The number of carbonyl (C=O) groups is 2. The number of pyridine rings is 1. The zero-order chi connectivity index (χ0) is 25.5. The lowest BCUT2D eigenvalue weighted by atomic mass is 9.92. The van der Waals surface area contributed by atoms with Crippen molar-refractivity contribution in [3.8, 4) is 11.5 Å². The molecule has 8 nitrogen and oxygen atoms in total. The highest BCUT2D eigenvalue weighted by atomic mass is 32.2. The topological polar surface area (TPSA) is 104 Å². The summed E-state index contributed by atoms with van der Waals surface area (Å²) in [5, 5.41) is 16.6. The number of aliphatic hydroxyl groups excluding tert-OH is 1. The normalized spacial score (nSPS) is 24.3. The van der Waals surface area contributed by atoms with Gasteiger partial charge in [-0.05, 0) is 61.7 Å². The van der Waals surface area contributed by atoms with E-state index in [1.165, 1.54) is 11.8 Å². The number of amides is 3. The molecule has 3 aliphatic rings. The van der Waals surface area contributed by atoms with Crippen LogP contribution in [0.4, 0.5) is 16.2 Å². The summed E-state index contributed by atoms with van der Waals surface area (Å²) >= 11 is 1.36. The SMILES string of the molecule is Cc1cc(Oc2ccccc2)ccc1N1C(=O)NC2c3c1ccnc3SC2C(=O)NC1CCCCC1O. The van der Waals surface area contributed by atoms with Crippen LogP contribution in [0.3, 0.4) is 0 Å². The minimum Gasteiger partial charge on any atom is -0.457 e. The summed E-state index contributed by atoms with van der Waals surface area (Å²) in [7, 11) is 0. The van der Waals surface area contributed by atoms with Crippen LogP contribution < -0.4 is 20.3 Å². The van der Waals surface area contributed by atoms with Crippen molar-refractivity contribution in [2.45, 2.75) is 61.1 Å². The molecule has 1 saturated carbocycles. The summed E-state index contributed by atoms with van der Waals surface area (Å²) < 4.78 is 5.96. The third-order valence-corrected chi connectivity index (χ3v) is 8.50. The first kappa shape index (κ1) is 23.8. The molecule has 0 radical (unpaired) electrons. The Morgan fingerprint density at radius 1 is 1.11 bits per heavy atom. The molecule has 2 aromatic carbocycles. The number of rotatable bonds is 5. The van der Waals surface area contributed by atoms with Gasteiger partial charge in [-0.1, -0.05) is 42.8 Å². The van der Waals surface area contributed by atoms with Crippen molar-refractivity contribution in [3.63, 3.8) is 0 Å². The fraction of sp³-hybridized carbons (Fsp3) is 0.321. The second kappa shape index (κ2) is 9.72. The van der Waals surface area contributed by atoms with Gasteiger partial charge in [0.05, 0.1) is 29.6 Å². The molecule has 0 saturated heterocycles. The number of para-hydroxylation sites is 1. The van der Waals surface area contributed by atoms with Crippen LogP contribution >= 0.6 is 11.8 Å². The van der Waals surface area contributed by atoms with Crippen molar-refractivity contribution in [2.75, 3.05) is 4.90 Å². The molecule has 190 valence electrons. The average molecular weight is 517 g/mol. The van der Waals surface area contributed by atoms with Crippen LogP contribution in [0.5, 0.6) is 11.5 Å². The van der Waals surface area contributed by atoms with E-state index >= 15 is 0 Å². The fourth-order valence-electron chi connectivity index (χ4n) is 5.38. The Bertz CT molecular complexity index is 1350. The molecule has 3 heterocycles. The van der Waals surface area contributed by atoms with Gasteiger partial charge in [0.2, 0.25) is 5.91 Å². The van der Waals surface area contributed by atoms with E-state index in [-0.39, 0.29) is 18.0 Å². The molecule has 1 aliphatic carbocycles. The summed E-state index contributed by atoms with van der Waals surface area (Å²) in [6.07, 6.45) is 4.55. The third kappa shape index (κ3) is 4.42. The number of benzene rings is 2. The Morgan fingerprint density at radius 2 is 1.92 bits per heavy atom. The van der Waals surface area contributed by atoms with Crippen LogP contribution in [-0.2, 0) is 4.79 Å². The maximum absolute atomic E-state index is 13.5. The number of aryl methyl sites for hydroxylation is 1. The van der Waals surface area contributed by atoms with E-state index in [1.807, 2.05) is 61.5 Å². The van der Waals surface area contributed by atoms with E-state index in [9.17, 15) is 14.7 Å².